The van der Waals surface area contributed by atoms with Crippen molar-refractivity contribution < 1.29 is 27.9 Å². The highest BCUT2D eigenvalue weighted by Crippen LogP contribution is 2.29. The highest BCUT2D eigenvalue weighted by Gasteiger charge is 2.30. The molecule has 0 aliphatic heterocycles. The second-order valence-electron chi connectivity index (χ2n) is 3.94. The number of rotatable bonds is 4. The molecule has 0 heterocycles. The second kappa shape index (κ2) is 5.69. The van der Waals surface area contributed by atoms with Crippen molar-refractivity contribution in [1.29, 1.82) is 0 Å². The summed E-state index contributed by atoms with van der Waals surface area (Å²) in [7, 11) is 0. The lowest BCUT2D eigenvalue weighted by atomic mass is 10.0. The minimum Gasteiger partial charge on any atom is -0.481 e. The van der Waals surface area contributed by atoms with Crippen LogP contribution < -0.4 is 0 Å². The minimum absolute atomic E-state index is 0.0988. The van der Waals surface area contributed by atoms with E-state index in [0.29, 0.717) is 0 Å². The quantitative estimate of drug-likeness (QED) is 0.676. The number of carboxylic acids is 1. The molecule has 19 heavy (non-hydrogen) atoms. The SMILES string of the molecule is CC(=Cc1cccc(C(F)(F)F)c1)C(=O)CC(=O)O. The fraction of sp³-hybridized carbons (Fsp3) is 0.231. The van der Waals surface area contributed by atoms with Crippen LogP contribution >= 0.6 is 0 Å². The smallest absolute Gasteiger partial charge is 0.416 e. The second-order valence-corrected chi connectivity index (χ2v) is 3.94. The number of benzene rings is 1. The van der Waals surface area contributed by atoms with Crippen LogP contribution in [0.3, 0.4) is 0 Å². The predicted octanol–water partition coefficient (Wildman–Crippen LogP) is 3.15. The zero-order valence-electron chi connectivity index (χ0n) is 9.99. The first-order valence-electron chi connectivity index (χ1n) is 5.30. The Balaban J connectivity index is 2.99. The molecule has 0 radical (unpaired) electrons. The van der Waals surface area contributed by atoms with Gasteiger partial charge in [-0.1, -0.05) is 12.1 Å². The molecular weight excluding hydrogens is 261 g/mol. The topological polar surface area (TPSA) is 54.4 Å². The van der Waals surface area contributed by atoms with Gasteiger partial charge in [0.15, 0.2) is 5.78 Å². The van der Waals surface area contributed by atoms with Crippen molar-refractivity contribution in [2.24, 2.45) is 0 Å². The molecule has 0 amide bonds. The number of hydrogen-bond acceptors (Lipinski definition) is 2. The van der Waals surface area contributed by atoms with E-state index < -0.39 is 29.9 Å². The number of carboxylic acid groups (broad SMARTS) is 1. The summed E-state index contributed by atoms with van der Waals surface area (Å²) in [6.07, 6.45) is -3.90. The highest BCUT2D eigenvalue weighted by atomic mass is 19.4. The Labute approximate surface area is 107 Å². The third-order valence-corrected chi connectivity index (χ3v) is 2.35. The standard InChI is InChI=1S/C13H11F3O3/c1-8(11(17)7-12(18)19)5-9-3-2-4-10(6-9)13(14,15)16/h2-6H,7H2,1H3,(H,18,19). The number of aliphatic carboxylic acids is 1. The van der Waals surface area contributed by atoms with Gasteiger partial charge in [0, 0.05) is 0 Å². The first-order valence-corrected chi connectivity index (χ1v) is 5.30. The predicted molar refractivity (Wildman–Crippen MR) is 62.4 cm³/mol. The van der Waals surface area contributed by atoms with Gasteiger partial charge in [0.1, 0.15) is 6.42 Å². The first kappa shape index (κ1) is 14.9. The van der Waals surface area contributed by atoms with Crippen molar-refractivity contribution in [3.05, 3.63) is 41.0 Å². The summed E-state index contributed by atoms with van der Waals surface area (Å²) in [5, 5.41) is 8.45. The maximum absolute atomic E-state index is 12.5. The van der Waals surface area contributed by atoms with Crippen molar-refractivity contribution in [2.45, 2.75) is 19.5 Å². The highest BCUT2D eigenvalue weighted by molar-refractivity contribution is 6.07. The van der Waals surface area contributed by atoms with Gasteiger partial charge in [-0.25, -0.2) is 0 Å². The fourth-order valence-corrected chi connectivity index (χ4v) is 1.41. The monoisotopic (exact) mass is 272 g/mol. The van der Waals surface area contributed by atoms with E-state index in [1.807, 2.05) is 0 Å². The molecule has 0 atom stereocenters. The number of allylic oxidation sites excluding steroid dienone is 1. The normalized spacial score (nSPS) is 12.3. The average molecular weight is 272 g/mol. The Bertz CT molecular complexity index is 530. The molecule has 0 fully saturated rings. The average Bonchev–Trinajstić information content (AvgIpc) is 2.27. The Morgan fingerprint density at radius 1 is 1.32 bits per heavy atom. The van der Waals surface area contributed by atoms with Gasteiger partial charge in [-0.15, -0.1) is 0 Å². The van der Waals surface area contributed by atoms with Gasteiger partial charge in [0.05, 0.1) is 5.56 Å². The number of carbonyl (C=O) groups is 2. The van der Waals surface area contributed by atoms with Crippen LogP contribution in [-0.2, 0) is 15.8 Å². The molecule has 0 saturated heterocycles. The van der Waals surface area contributed by atoms with Crippen molar-refractivity contribution in [2.75, 3.05) is 0 Å². The van der Waals surface area contributed by atoms with Crippen LogP contribution in [-0.4, -0.2) is 16.9 Å². The minimum atomic E-state index is -4.46. The molecule has 1 rings (SSSR count). The third-order valence-electron chi connectivity index (χ3n) is 2.35. The number of halogens is 3. The zero-order valence-corrected chi connectivity index (χ0v) is 9.99. The van der Waals surface area contributed by atoms with Gasteiger partial charge in [0.25, 0.3) is 0 Å². The van der Waals surface area contributed by atoms with Crippen molar-refractivity contribution in [3.63, 3.8) is 0 Å². The molecule has 1 N–H and O–H groups in total. The lowest BCUT2D eigenvalue weighted by molar-refractivity contribution is -0.139. The van der Waals surface area contributed by atoms with Crippen LogP contribution in [0.15, 0.2) is 29.8 Å². The molecule has 0 bridgehead atoms. The summed E-state index contributed by atoms with van der Waals surface area (Å²) in [6, 6.07) is 4.46. The van der Waals surface area contributed by atoms with E-state index in [4.69, 9.17) is 5.11 Å². The molecule has 0 spiro atoms. The van der Waals surface area contributed by atoms with Gasteiger partial charge in [-0.2, -0.15) is 13.2 Å². The van der Waals surface area contributed by atoms with Gasteiger partial charge in [-0.3, -0.25) is 9.59 Å². The summed E-state index contributed by atoms with van der Waals surface area (Å²) in [5.41, 5.74) is -0.521. The van der Waals surface area contributed by atoms with Crippen LogP contribution in [0.1, 0.15) is 24.5 Å². The van der Waals surface area contributed by atoms with E-state index in [1.165, 1.54) is 25.1 Å². The number of ketones is 1. The van der Waals surface area contributed by atoms with E-state index in [2.05, 4.69) is 0 Å². The maximum Gasteiger partial charge on any atom is 0.416 e. The van der Waals surface area contributed by atoms with E-state index in [9.17, 15) is 22.8 Å². The molecule has 102 valence electrons. The number of hydrogen-bond donors (Lipinski definition) is 1. The molecule has 0 saturated carbocycles. The summed E-state index contributed by atoms with van der Waals surface area (Å²) in [5.74, 6) is -1.91. The molecule has 6 heteroatoms. The van der Waals surface area contributed by atoms with Gasteiger partial charge < -0.3 is 5.11 Å². The van der Waals surface area contributed by atoms with Gasteiger partial charge >= 0.3 is 12.1 Å². The molecule has 0 aliphatic carbocycles. The van der Waals surface area contributed by atoms with E-state index in [-0.39, 0.29) is 11.1 Å². The van der Waals surface area contributed by atoms with Crippen LogP contribution in [0.25, 0.3) is 6.08 Å². The molecule has 0 aromatic heterocycles. The molecule has 0 aliphatic rings. The maximum atomic E-state index is 12.5. The first-order chi connectivity index (χ1) is 8.70. The summed E-state index contributed by atoms with van der Waals surface area (Å²) >= 11 is 0. The molecule has 1 aromatic carbocycles. The molecular formula is C13H11F3O3. The Morgan fingerprint density at radius 3 is 2.47 bits per heavy atom. The van der Waals surface area contributed by atoms with Crippen LogP contribution in [0.2, 0.25) is 0 Å². The van der Waals surface area contributed by atoms with Gasteiger partial charge in [0.2, 0.25) is 0 Å². The Kier molecular flexibility index (Phi) is 4.47. The van der Waals surface area contributed by atoms with E-state index >= 15 is 0 Å². The van der Waals surface area contributed by atoms with E-state index in [0.717, 1.165) is 12.1 Å². The number of carbonyl (C=O) groups excluding carboxylic acids is 1. The van der Waals surface area contributed by atoms with Crippen molar-refractivity contribution in [3.8, 4) is 0 Å². The Morgan fingerprint density at radius 2 is 1.95 bits per heavy atom. The van der Waals surface area contributed by atoms with Crippen LogP contribution in [0.4, 0.5) is 13.2 Å². The summed E-state index contributed by atoms with van der Waals surface area (Å²) < 4.78 is 37.4. The van der Waals surface area contributed by atoms with E-state index in [1.54, 1.807) is 0 Å². The summed E-state index contributed by atoms with van der Waals surface area (Å²) in [6.45, 7) is 1.37. The largest absolute Gasteiger partial charge is 0.481 e. The van der Waals surface area contributed by atoms with Crippen molar-refractivity contribution in [1.82, 2.24) is 0 Å². The molecule has 3 nitrogen and oxygen atoms in total. The molecule has 0 unspecified atom stereocenters. The van der Waals surface area contributed by atoms with Crippen LogP contribution in [0.5, 0.6) is 0 Å². The lowest BCUT2D eigenvalue weighted by Crippen LogP contribution is -2.07. The fourth-order valence-electron chi connectivity index (χ4n) is 1.41. The Hall–Kier alpha value is -2.11. The van der Waals surface area contributed by atoms with Crippen molar-refractivity contribution >= 4 is 17.8 Å². The summed E-state index contributed by atoms with van der Waals surface area (Å²) in [4.78, 5) is 21.7. The number of Topliss-reactive ketones (excluding diaryl/α,β-unsaturated/α-hetero) is 1. The van der Waals surface area contributed by atoms with Gasteiger partial charge in [-0.05, 0) is 36.3 Å². The lowest BCUT2D eigenvalue weighted by Gasteiger charge is -2.07. The number of alkyl halides is 3. The van der Waals surface area contributed by atoms with Crippen LogP contribution in [0, 0.1) is 0 Å². The zero-order chi connectivity index (χ0) is 14.6. The third kappa shape index (κ3) is 4.57. The molecule has 1 aromatic rings.